The Hall–Kier alpha value is -1.74. The highest BCUT2D eigenvalue weighted by Gasteiger charge is 1.98. The molecule has 2 N–H and O–H groups in total. The van der Waals surface area contributed by atoms with Gasteiger partial charge in [-0.1, -0.05) is 6.07 Å². The van der Waals surface area contributed by atoms with Crippen molar-refractivity contribution in [1.29, 1.82) is 0 Å². The lowest BCUT2D eigenvalue weighted by Gasteiger charge is -2.01. The first-order valence-electron chi connectivity index (χ1n) is 4.46. The molecule has 70 valence electrons. The molecule has 0 fully saturated rings. The molecule has 2 aromatic rings. The number of aromatic nitrogens is 2. The molecule has 0 radical (unpaired) electrons. The Morgan fingerprint density at radius 1 is 1.07 bits per heavy atom. The van der Waals surface area contributed by atoms with Crippen molar-refractivity contribution < 1.29 is 0 Å². The molecular weight excluding hydrogens is 174 g/mol. The molecule has 3 nitrogen and oxygen atoms in total. The van der Waals surface area contributed by atoms with Crippen LogP contribution in [-0.2, 0) is 6.54 Å². The zero-order valence-corrected chi connectivity index (χ0v) is 7.72. The summed E-state index contributed by atoms with van der Waals surface area (Å²) < 4.78 is 0. The average Bonchev–Trinajstić information content (AvgIpc) is 2.30. The number of rotatable bonds is 2. The van der Waals surface area contributed by atoms with E-state index in [-0.39, 0.29) is 0 Å². The molecule has 0 spiro atoms. The van der Waals surface area contributed by atoms with E-state index in [1.807, 2.05) is 30.3 Å². The fraction of sp³-hybridized carbons (Fsp3) is 0.0909. The van der Waals surface area contributed by atoms with Crippen LogP contribution >= 0.6 is 0 Å². The van der Waals surface area contributed by atoms with E-state index in [0.717, 1.165) is 17.0 Å². The molecule has 2 aromatic heterocycles. The molecule has 0 unspecified atom stereocenters. The largest absolute Gasteiger partial charge is 0.325 e. The minimum atomic E-state index is 0.459. The highest BCUT2D eigenvalue weighted by molar-refractivity contribution is 5.58. The molecule has 0 saturated heterocycles. The summed E-state index contributed by atoms with van der Waals surface area (Å²) in [4.78, 5) is 8.39. The molecular formula is C11H11N3. The first-order valence-corrected chi connectivity index (χ1v) is 4.46. The van der Waals surface area contributed by atoms with E-state index in [2.05, 4.69) is 9.97 Å². The van der Waals surface area contributed by atoms with E-state index in [4.69, 9.17) is 5.73 Å². The second-order valence-electron chi connectivity index (χ2n) is 2.95. The van der Waals surface area contributed by atoms with Gasteiger partial charge >= 0.3 is 0 Å². The summed E-state index contributed by atoms with van der Waals surface area (Å²) in [7, 11) is 0. The number of nitrogens with two attached hydrogens (primary N) is 1. The first-order chi connectivity index (χ1) is 6.90. The molecule has 0 aliphatic heterocycles. The van der Waals surface area contributed by atoms with Crippen molar-refractivity contribution in [1.82, 2.24) is 9.97 Å². The van der Waals surface area contributed by atoms with Gasteiger partial charge in [0.15, 0.2) is 0 Å². The Morgan fingerprint density at radius 2 is 2.00 bits per heavy atom. The van der Waals surface area contributed by atoms with Crippen molar-refractivity contribution in [2.24, 2.45) is 5.73 Å². The second kappa shape index (κ2) is 3.98. The summed E-state index contributed by atoms with van der Waals surface area (Å²) in [5.41, 5.74) is 8.40. The molecule has 0 aliphatic carbocycles. The van der Waals surface area contributed by atoms with E-state index < -0.39 is 0 Å². The van der Waals surface area contributed by atoms with Gasteiger partial charge in [-0.2, -0.15) is 0 Å². The smallest absolute Gasteiger partial charge is 0.0703 e. The molecule has 0 amide bonds. The van der Waals surface area contributed by atoms with Crippen molar-refractivity contribution in [2.75, 3.05) is 0 Å². The molecule has 0 aromatic carbocycles. The zero-order valence-electron chi connectivity index (χ0n) is 7.72. The van der Waals surface area contributed by atoms with Gasteiger partial charge in [-0.25, -0.2) is 0 Å². The van der Waals surface area contributed by atoms with Crippen LogP contribution in [0.5, 0.6) is 0 Å². The quantitative estimate of drug-likeness (QED) is 0.773. The predicted molar refractivity (Wildman–Crippen MR) is 55.4 cm³/mol. The van der Waals surface area contributed by atoms with Crippen LogP contribution in [0.25, 0.3) is 11.3 Å². The molecule has 0 atom stereocenters. The van der Waals surface area contributed by atoms with Crippen LogP contribution < -0.4 is 5.73 Å². The third-order valence-corrected chi connectivity index (χ3v) is 1.99. The van der Waals surface area contributed by atoms with Crippen molar-refractivity contribution >= 4 is 0 Å². The van der Waals surface area contributed by atoms with Crippen LogP contribution in [0.15, 0.2) is 42.7 Å². The maximum absolute atomic E-state index is 5.51. The predicted octanol–water partition coefficient (Wildman–Crippen LogP) is 1.60. The summed E-state index contributed by atoms with van der Waals surface area (Å²) in [5.74, 6) is 0. The molecule has 0 saturated carbocycles. The van der Waals surface area contributed by atoms with E-state index in [1.54, 1.807) is 12.4 Å². The van der Waals surface area contributed by atoms with Crippen LogP contribution in [0.1, 0.15) is 5.69 Å². The van der Waals surface area contributed by atoms with Crippen LogP contribution in [-0.4, -0.2) is 9.97 Å². The molecule has 14 heavy (non-hydrogen) atoms. The highest BCUT2D eigenvalue weighted by Crippen LogP contribution is 2.15. The van der Waals surface area contributed by atoms with Crippen molar-refractivity contribution in [2.45, 2.75) is 6.54 Å². The third kappa shape index (κ3) is 1.78. The van der Waals surface area contributed by atoms with E-state index >= 15 is 0 Å². The van der Waals surface area contributed by atoms with Crippen molar-refractivity contribution in [3.63, 3.8) is 0 Å². The van der Waals surface area contributed by atoms with Crippen LogP contribution in [0.3, 0.4) is 0 Å². The maximum atomic E-state index is 5.51. The van der Waals surface area contributed by atoms with Gasteiger partial charge in [0.1, 0.15) is 0 Å². The minimum Gasteiger partial charge on any atom is -0.325 e. The lowest BCUT2D eigenvalue weighted by Crippen LogP contribution is -1.99. The maximum Gasteiger partial charge on any atom is 0.0703 e. The fourth-order valence-corrected chi connectivity index (χ4v) is 1.28. The molecule has 3 heteroatoms. The van der Waals surface area contributed by atoms with Crippen LogP contribution in [0.2, 0.25) is 0 Å². The van der Waals surface area contributed by atoms with Gasteiger partial charge in [0.25, 0.3) is 0 Å². The van der Waals surface area contributed by atoms with Crippen molar-refractivity contribution in [3.8, 4) is 11.3 Å². The molecule has 0 aliphatic rings. The van der Waals surface area contributed by atoms with Gasteiger partial charge in [0.05, 0.1) is 11.4 Å². The number of pyridine rings is 2. The summed E-state index contributed by atoms with van der Waals surface area (Å²) >= 11 is 0. The highest BCUT2D eigenvalue weighted by atomic mass is 14.7. The molecule has 0 bridgehead atoms. The second-order valence-corrected chi connectivity index (χ2v) is 2.95. The summed E-state index contributed by atoms with van der Waals surface area (Å²) in [5, 5.41) is 0. The minimum absolute atomic E-state index is 0.459. The molecule has 2 heterocycles. The standard InChI is InChI=1S/C11H11N3/c12-8-10-7-9(4-6-13-10)11-3-1-2-5-14-11/h1-7H,8,12H2. The van der Waals surface area contributed by atoms with E-state index in [9.17, 15) is 0 Å². The first kappa shape index (κ1) is 8.84. The van der Waals surface area contributed by atoms with Gasteiger partial charge in [-0.3, -0.25) is 9.97 Å². The van der Waals surface area contributed by atoms with E-state index in [1.165, 1.54) is 0 Å². The molecule has 2 rings (SSSR count). The van der Waals surface area contributed by atoms with Gasteiger partial charge in [0, 0.05) is 24.5 Å². The fourth-order valence-electron chi connectivity index (χ4n) is 1.28. The number of nitrogens with zero attached hydrogens (tertiary/aromatic N) is 2. The Kier molecular flexibility index (Phi) is 2.51. The average molecular weight is 185 g/mol. The van der Waals surface area contributed by atoms with Gasteiger partial charge in [-0.15, -0.1) is 0 Å². The lowest BCUT2D eigenvalue weighted by atomic mass is 10.1. The topological polar surface area (TPSA) is 51.8 Å². The monoisotopic (exact) mass is 185 g/mol. The Morgan fingerprint density at radius 3 is 2.71 bits per heavy atom. The van der Waals surface area contributed by atoms with Gasteiger partial charge in [-0.05, 0) is 24.3 Å². The summed E-state index contributed by atoms with van der Waals surface area (Å²) in [6, 6.07) is 9.72. The number of hydrogen-bond acceptors (Lipinski definition) is 3. The Balaban J connectivity index is 2.42. The van der Waals surface area contributed by atoms with Gasteiger partial charge in [0.2, 0.25) is 0 Å². The Bertz CT molecular complexity index is 412. The van der Waals surface area contributed by atoms with Crippen LogP contribution in [0.4, 0.5) is 0 Å². The van der Waals surface area contributed by atoms with Gasteiger partial charge < -0.3 is 5.73 Å². The lowest BCUT2D eigenvalue weighted by molar-refractivity contribution is 0.991. The number of hydrogen-bond donors (Lipinski definition) is 1. The zero-order chi connectivity index (χ0) is 9.80. The summed E-state index contributed by atoms with van der Waals surface area (Å²) in [6.07, 6.45) is 3.53. The Labute approximate surface area is 82.6 Å². The SMILES string of the molecule is NCc1cc(-c2ccccn2)ccn1. The van der Waals surface area contributed by atoms with Crippen molar-refractivity contribution in [3.05, 3.63) is 48.4 Å². The van der Waals surface area contributed by atoms with Crippen LogP contribution in [0, 0.1) is 0 Å². The normalized spacial score (nSPS) is 10.1. The summed E-state index contributed by atoms with van der Waals surface area (Å²) in [6.45, 7) is 0.459. The van der Waals surface area contributed by atoms with E-state index in [0.29, 0.717) is 6.54 Å². The third-order valence-electron chi connectivity index (χ3n) is 1.99.